The van der Waals surface area contributed by atoms with Crippen LogP contribution in [0.2, 0.25) is 0 Å². The Morgan fingerprint density at radius 3 is 3.25 bits per heavy atom. The van der Waals surface area contributed by atoms with Crippen molar-refractivity contribution in [3.63, 3.8) is 0 Å². The Morgan fingerprint density at radius 2 is 2.46 bits per heavy atom. The Morgan fingerprint density at radius 1 is 1.54 bits per heavy atom. The monoisotopic (exact) mass is 325 g/mol. The normalized spacial score (nSPS) is 17.1. The molecule has 0 saturated carbocycles. The highest BCUT2D eigenvalue weighted by Crippen LogP contribution is 2.27. The number of rotatable bonds is 4. The van der Waals surface area contributed by atoms with E-state index in [-0.39, 0.29) is 6.10 Å². The minimum Gasteiger partial charge on any atom is -0.469 e. The first kappa shape index (κ1) is 14.5. The van der Waals surface area contributed by atoms with Gasteiger partial charge in [0.25, 0.3) is 5.88 Å². The van der Waals surface area contributed by atoms with Crippen molar-refractivity contribution in [3.8, 4) is 11.9 Å². The second-order valence-electron chi connectivity index (χ2n) is 5.54. The molecule has 0 spiro atoms. The van der Waals surface area contributed by atoms with Gasteiger partial charge in [-0.05, 0) is 6.07 Å². The standard InChI is InChI=1S/C15H15N7O2/c1-22-7-12(14(21-22)24-11-2-3-23-8-11)19-15-17-6-9-4-10(5-16)18-13(9)20-15/h4,6-7,11H,2-3,8H2,1H3,(H2,17,18,19,20). The number of aromatic amines is 1. The van der Waals surface area contributed by atoms with Crippen LogP contribution in [0.4, 0.5) is 11.6 Å². The lowest BCUT2D eigenvalue weighted by molar-refractivity contribution is 0.138. The van der Waals surface area contributed by atoms with Gasteiger partial charge in [-0.1, -0.05) is 0 Å². The van der Waals surface area contributed by atoms with Crippen LogP contribution < -0.4 is 10.1 Å². The van der Waals surface area contributed by atoms with Crippen LogP contribution in [0.3, 0.4) is 0 Å². The molecular weight excluding hydrogens is 310 g/mol. The molecule has 9 heteroatoms. The lowest BCUT2D eigenvalue weighted by atomic mass is 10.3. The van der Waals surface area contributed by atoms with Gasteiger partial charge >= 0.3 is 0 Å². The Balaban J connectivity index is 1.59. The molecule has 1 aliphatic heterocycles. The Kier molecular flexibility index (Phi) is 3.51. The Bertz CT molecular complexity index is 918. The summed E-state index contributed by atoms with van der Waals surface area (Å²) in [6, 6.07) is 3.76. The third-order valence-corrected chi connectivity index (χ3v) is 3.70. The van der Waals surface area contributed by atoms with Crippen LogP contribution in [0, 0.1) is 11.3 Å². The van der Waals surface area contributed by atoms with E-state index < -0.39 is 0 Å². The smallest absolute Gasteiger partial charge is 0.257 e. The maximum absolute atomic E-state index is 8.94. The molecule has 1 aliphatic rings. The summed E-state index contributed by atoms with van der Waals surface area (Å²) in [4.78, 5) is 11.6. The van der Waals surface area contributed by atoms with Crippen molar-refractivity contribution in [3.05, 3.63) is 24.2 Å². The van der Waals surface area contributed by atoms with Crippen molar-refractivity contribution >= 4 is 22.7 Å². The highest BCUT2D eigenvalue weighted by molar-refractivity contribution is 5.78. The molecule has 4 rings (SSSR count). The van der Waals surface area contributed by atoms with Crippen molar-refractivity contribution in [2.24, 2.45) is 7.05 Å². The molecule has 1 unspecified atom stereocenters. The van der Waals surface area contributed by atoms with Crippen LogP contribution in [0.5, 0.6) is 5.88 Å². The number of nitrogens with one attached hydrogen (secondary N) is 2. The number of H-pyrrole nitrogens is 1. The summed E-state index contributed by atoms with van der Waals surface area (Å²) >= 11 is 0. The molecule has 0 aromatic carbocycles. The molecule has 24 heavy (non-hydrogen) atoms. The first-order valence-electron chi connectivity index (χ1n) is 7.52. The minimum absolute atomic E-state index is 0.00504. The van der Waals surface area contributed by atoms with Gasteiger partial charge in [-0.15, -0.1) is 5.10 Å². The molecule has 0 radical (unpaired) electrons. The predicted octanol–water partition coefficient (Wildman–Crippen LogP) is 1.47. The Labute approximate surface area is 137 Å². The SMILES string of the molecule is Cn1cc(Nc2ncc3cc(C#N)[nH]c3n2)c(OC2CCOC2)n1. The van der Waals surface area contributed by atoms with Crippen LogP contribution in [0.25, 0.3) is 11.0 Å². The fourth-order valence-corrected chi connectivity index (χ4v) is 2.56. The molecule has 2 N–H and O–H groups in total. The van der Waals surface area contributed by atoms with Gasteiger partial charge in [0.2, 0.25) is 5.95 Å². The van der Waals surface area contributed by atoms with Crippen molar-refractivity contribution in [2.75, 3.05) is 18.5 Å². The predicted molar refractivity (Wildman–Crippen MR) is 84.9 cm³/mol. The third-order valence-electron chi connectivity index (χ3n) is 3.70. The van der Waals surface area contributed by atoms with Gasteiger partial charge in [0, 0.05) is 25.1 Å². The minimum atomic E-state index is 0.00504. The lowest BCUT2D eigenvalue weighted by Gasteiger charge is -2.11. The summed E-state index contributed by atoms with van der Waals surface area (Å²) in [6.45, 7) is 1.27. The number of aryl methyl sites for hydroxylation is 1. The average molecular weight is 325 g/mol. The van der Waals surface area contributed by atoms with Crippen molar-refractivity contribution in [1.82, 2.24) is 24.7 Å². The van der Waals surface area contributed by atoms with Gasteiger partial charge in [-0.25, -0.2) is 4.98 Å². The van der Waals surface area contributed by atoms with Gasteiger partial charge in [0.1, 0.15) is 29.2 Å². The van der Waals surface area contributed by atoms with Gasteiger partial charge in [-0.3, -0.25) is 4.68 Å². The number of nitriles is 1. The molecule has 3 aromatic rings. The number of hydrogen-bond donors (Lipinski definition) is 2. The third kappa shape index (κ3) is 2.75. The number of fused-ring (bicyclic) bond motifs is 1. The van der Waals surface area contributed by atoms with Crippen molar-refractivity contribution in [2.45, 2.75) is 12.5 Å². The van der Waals surface area contributed by atoms with E-state index in [0.29, 0.717) is 42.1 Å². The van der Waals surface area contributed by atoms with Crippen molar-refractivity contribution < 1.29 is 9.47 Å². The van der Waals surface area contributed by atoms with Gasteiger partial charge < -0.3 is 19.8 Å². The summed E-state index contributed by atoms with van der Waals surface area (Å²) in [7, 11) is 1.82. The van der Waals surface area contributed by atoms with E-state index in [1.165, 1.54) is 0 Å². The number of hydrogen-bond acceptors (Lipinski definition) is 7. The Hall–Kier alpha value is -3.12. The topological polar surface area (TPSA) is 114 Å². The van der Waals surface area contributed by atoms with E-state index >= 15 is 0 Å². The van der Waals surface area contributed by atoms with Crippen molar-refractivity contribution in [1.29, 1.82) is 5.26 Å². The number of anilines is 2. The zero-order chi connectivity index (χ0) is 16.5. The van der Waals surface area contributed by atoms with E-state index in [0.717, 1.165) is 11.8 Å². The molecule has 4 heterocycles. The summed E-state index contributed by atoms with van der Waals surface area (Å²) in [5, 5.41) is 17.1. The van der Waals surface area contributed by atoms with Crippen LogP contribution in [0.15, 0.2) is 18.5 Å². The van der Waals surface area contributed by atoms with Crippen LogP contribution in [-0.4, -0.2) is 44.1 Å². The van der Waals surface area contributed by atoms with Gasteiger partial charge in [0.15, 0.2) is 0 Å². The van der Waals surface area contributed by atoms with Crippen LogP contribution >= 0.6 is 0 Å². The molecule has 0 amide bonds. The second-order valence-corrected chi connectivity index (χ2v) is 5.54. The fourth-order valence-electron chi connectivity index (χ4n) is 2.56. The summed E-state index contributed by atoms with van der Waals surface area (Å²) < 4.78 is 12.9. The zero-order valence-corrected chi connectivity index (χ0v) is 13.0. The number of aromatic nitrogens is 5. The fraction of sp³-hybridized carbons (Fsp3) is 0.333. The largest absolute Gasteiger partial charge is 0.469 e. The van der Waals surface area contributed by atoms with E-state index in [1.807, 2.05) is 13.1 Å². The zero-order valence-electron chi connectivity index (χ0n) is 13.0. The summed E-state index contributed by atoms with van der Waals surface area (Å²) in [5.41, 5.74) is 1.72. The summed E-state index contributed by atoms with van der Waals surface area (Å²) in [6.07, 6.45) is 4.31. The van der Waals surface area contributed by atoms with E-state index in [9.17, 15) is 0 Å². The first-order valence-corrected chi connectivity index (χ1v) is 7.52. The molecule has 1 atom stereocenters. The summed E-state index contributed by atoms with van der Waals surface area (Å²) in [5.74, 6) is 0.884. The molecular formula is C15H15N7O2. The van der Waals surface area contributed by atoms with Gasteiger partial charge in [0.05, 0.1) is 19.4 Å². The quantitative estimate of drug-likeness (QED) is 0.746. The molecule has 9 nitrogen and oxygen atoms in total. The molecule has 1 saturated heterocycles. The van der Waals surface area contributed by atoms with Gasteiger partial charge in [-0.2, -0.15) is 10.2 Å². The molecule has 0 bridgehead atoms. The van der Waals surface area contributed by atoms with E-state index in [2.05, 4.69) is 25.4 Å². The maximum Gasteiger partial charge on any atom is 0.257 e. The van der Waals surface area contributed by atoms with E-state index in [1.54, 1.807) is 23.1 Å². The highest BCUT2D eigenvalue weighted by Gasteiger charge is 2.21. The average Bonchev–Trinajstić information content (AvgIpc) is 3.28. The number of ether oxygens (including phenoxy) is 2. The first-order chi connectivity index (χ1) is 11.7. The molecule has 3 aromatic heterocycles. The van der Waals surface area contributed by atoms with E-state index in [4.69, 9.17) is 14.7 Å². The molecule has 1 fully saturated rings. The number of nitrogens with zero attached hydrogens (tertiary/aromatic N) is 5. The van der Waals surface area contributed by atoms with Crippen LogP contribution in [-0.2, 0) is 11.8 Å². The lowest BCUT2D eigenvalue weighted by Crippen LogP contribution is -2.16. The second kappa shape index (κ2) is 5.82. The highest BCUT2D eigenvalue weighted by atomic mass is 16.6. The molecule has 0 aliphatic carbocycles. The molecule has 122 valence electrons. The maximum atomic E-state index is 8.94. The van der Waals surface area contributed by atoms with Crippen LogP contribution in [0.1, 0.15) is 12.1 Å².